The van der Waals surface area contributed by atoms with Crippen molar-refractivity contribution in [1.29, 1.82) is 0 Å². The SMILES string of the molecule is CCN(CCOC1(C)CNC1)c1cccc2ccccc12. The number of anilines is 1. The predicted octanol–water partition coefficient (Wildman–Crippen LogP) is 3.04. The normalized spacial score (nSPS) is 16.7. The molecule has 0 bridgehead atoms. The average molecular weight is 284 g/mol. The largest absolute Gasteiger partial charge is 0.371 e. The van der Waals surface area contributed by atoms with Crippen molar-refractivity contribution in [1.82, 2.24) is 5.32 Å². The zero-order chi connectivity index (χ0) is 14.7. The van der Waals surface area contributed by atoms with Crippen LogP contribution >= 0.6 is 0 Å². The highest BCUT2D eigenvalue weighted by Gasteiger charge is 2.32. The number of rotatable bonds is 6. The topological polar surface area (TPSA) is 24.5 Å². The maximum atomic E-state index is 6.03. The molecular formula is C18H24N2O. The number of benzene rings is 2. The van der Waals surface area contributed by atoms with Crippen molar-refractivity contribution in [3.63, 3.8) is 0 Å². The molecule has 0 amide bonds. The van der Waals surface area contributed by atoms with E-state index in [0.717, 1.165) is 32.8 Å². The second-order valence-electron chi connectivity index (χ2n) is 5.98. The first kappa shape index (κ1) is 14.4. The van der Waals surface area contributed by atoms with E-state index in [9.17, 15) is 0 Å². The molecule has 0 aromatic heterocycles. The van der Waals surface area contributed by atoms with Crippen molar-refractivity contribution >= 4 is 16.5 Å². The molecule has 1 aliphatic heterocycles. The van der Waals surface area contributed by atoms with Crippen molar-refractivity contribution in [2.45, 2.75) is 19.4 Å². The van der Waals surface area contributed by atoms with Crippen molar-refractivity contribution in [2.75, 3.05) is 37.7 Å². The van der Waals surface area contributed by atoms with Crippen LogP contribution in [0.1, 0.15) is 13.8 Å². The highest BCUT2D eigenvalue weighted by atomic mass is 16.5. The van der Waals surface area contributed by atoms with Crippen LogP contribution in [-0.4, -0.2) is 38.4 Å². The van der Waals surface area contributed by atoms with E-state index in [1.807, 2.05) is 0 Å². The standard InChI is InChI=1S/C18H24N2O/c1-3-20(11-12-21-18(2)13-19-14-18)17-10-6-8-15-7-4-5-9-16(15)17/h4-10,19H,3,11-14H2,1-2H3. The number of nitrogens with zero attached hydrogens (tertiary/aromatic N) is 1. The molecule has 1 heterocycles. The monoisotopic (exact) mass is 284 g/mol. The van der Waals surface area contributed by atoms with E-state index < -0.39 is 0 Å². The summed E-state index contributed by atoms with van der Waals surface area (Å²) >= 11 is 0. The van der Waals surface area contributed by atoms with Gasteiger partial charge in [-0.2, -0.15) is 0 Å². The van der Waals surface area contributed by atoms with Gasteiger partial charge in [0.05, 0.1) is 12.2 Å². The van der Waals surface area contributed by atoms with E-state index in [-0.39, 0.29) is 5.60 Å². The van der Waals surface area contributed by atoms with Crippen LogP contribution in [0.3, 0.4) is 0 Å². The Labute approximate surface area is 126 Å². The molecule has 1 aliphatic rings. The summed E-state index contributed by atoms with van der Waals surface area (Å²) in [4.78, 5) is 2.40. The fraction of sp³-hybridized carbons (Fsp3) is 0.444. The quantitative estimate of drug-likeness (QED) is 0.882. The smallest absolute Gasteiger partial charge is 0.0902 e. The van der Waals surface area contributed by atoms with Gasteiger partial charge in [0.25, 0.3) is 0 Å². The lowest BCUT2D eigenvalue weighted by Gasteiger charge is -2.39. The second kappa shape index (κ2) is 6.04. The summed E-state index contributed by atoms with van der Waals surface area (Å²) in [6.45, 7) is 9.01. The van der Waals surface area contributed by atoms with Crippen LogP contribution in [0.5, 0.6) is 0 Å². The summed E-state index contributed by atoms with van der Waals surface area (Å²) in [5.41, 5.74) is 1.34. The summed E-state index contributed by atoms with van der Waals surface area (Å²) < 4.78 is 6.03. The van der Waals surface area contributed by atoms with Gasteiger partial charge in [-0.25, -0.2) is 0 Å². The molecular weight excluding hydrogens is 260 g/mol. The molecule has 0 saturated carbocycles. The van der Waals surface area contributed by atoms with E-state index >= 15 is 0 Å². The van der Waals surface area contributed by atoms with Crippen LogP contribution in [0.25, 0.3) is 10.8 Å². The molecule has 112 valence electrons. The van der Waals surface area contributed by atoms with E-state index in [4.69, 9.17) is 4.74 Å². The van der Waals surface area contributed by atoms with Gasteiger partial charge in [0.15, 0.2) is 0 Å². The van der Waals surface area contributed by atoms with Crippen LogP contribution in [0.2, 0.25) is 0 Å². The number of nitrogens with one attached hydrogen (secondary N) is 1. The molecule has 2 aromatic rings. The van der Waals surface area contributed by atoms with Gasteiger partial charge >= 0.3 is 0 Å². The average Bonchev–Trinajstić information content (AvgIpc) is 2.49. The lowest BCUT2D eigenvalue weighted by atomic mass is 10.0. The van der Waals surface area contributed by atoms with Crippen LogP contribution in [0, 0.1) is 0 Å². The van der Waals surface area contributed by atoms with Gasteiger partial charge in [0.2, 0.25) is 0 Å². The fourth-order valence-corrected chi connectivity index (χ4v) is 2.91. The van der Waals surface area contributed by atoms with Gasteiger partial charge in [-0.05, 0) is 25.3 Å². The second-order valence-corrected chi connectivity index (χ2v) is 5.98. The molecule has 3 rings (SSSR count). The molecule has 0 unspecified atom stereocenters. The number of ether oxygens (including phenoxy) is 1. The van der Waals surface area contributed by atoms with E-state index in [0.29, 0.717) is 0 Å². The third-order valence-corrected chi connectivity index (χ3v) is 4.30. The molecule has 21 heavy (non-hydrogen) atoms. The molecule has 0 radical (unpaired) electrons. The first-order valence-electron chi connectivity index (χ1n) is 7.79. The zero-order valence-electron chi connectivity index (χ0n) is 12.9. The summed E-state index contributed by atoms with van der Waals surface area (Å²) in [7, 11) is 0. The van der Waals surface area contributed by atoms with Crippen LogP contribution < -0.4 is 10.2 Å². The molecule has 2 aromatic carbocycles. The fourth-order valence-electron chi connectivity index (χ4n) is 2.91. The van der Waals surface area contributed by atoms with Gasteiger partial charge in [0, 0.05) is 37.3 Å². The summed E-state index contributed by atoms with van der Waals surface area (Å²) in [6, 6.07) is 15.1. The zero-order valence-corrected chi connectivity index (χ0v) is 12.9. The molecule has 0 aliphatic carbocycles. The molecule has 0 atom stereocenters. The first-order chi connectivity index (χ1) is 10.2. The van der Waals surface area contributed by atoms with Gasteiger partial charge in [-0.15, -0.1) is 0 Å². The lowest BCUT2D eigenvalue weighted by molar-refractivity contribution is -0.0633. The van der Waals surface area contributed by atoms with Crippen molar-refractivity contribution in [3.8, 4) is 0 Å². The third kappa shape index (κ3) is 3.04. The van der Waals surface area contributed by atoms with Gasteiger partial charge in [-0.3, -0.25) is 0 Å². The van der Waals surface area contributed by atoms with Crippen molar-refractivity contribution < 1.29 is 4.74 Å². The van der Waals surface area contributed by atoms with Crippen molar-refractivity contribution in [2.24, 2.45) is 0 Å². The summed E-state index contributed by atoms with van der Waals surface area (Å²) in [5.74, 6) is 0. The Morgan fingerprint density at radius 2 is 1.90 bits per heavy atom. The lowest BCUT2D eigenvalue weighted by Crippen LogP contribution is -2.59. The Morgan fingerprint density at radius 3 is 2.62 bits per heavy atom. The predicted molar refractivity (Wildman–Crippen MR) is 89.1 cm³/mol. The van der Waals surface area contributed by atoms with Crippen LogP contribution in [-0.2, 0) is 4.74 Å². The van der Waals surface area contributed by atoms with E-state index in [1.54, 1.807) is 0 Å². The van der Waals surface area contributed by atoms with Gasteiger partial charge < -0.3 is 15.0 Å². The number of fused-ring (bicyclic) bond motifs is 1. The number of hydrogen-bond acceptors (Lipinski definition) is 3. The summed E-state index contributed by atoms with van der Waals surface area (Å²) in [5, 5.41) is 5.88. The maximum Gasteiger partial charge on any atom is 0.0902 e. The Kier molecular flexibility index (Phi) is 4.13. The van der Waals surface area contributed by atoms with Gasteiger partial charge in [0.1, 0.15) is 0 Å². The molecule has 1 saturated heterocycles. The van der Waals surface area contributed by atoms with Crippen LogP contribution in [0.15, 0.2) is 42.5 Å². The molecule has 1 fully saturated rings. The summed E-state index contributed by atoms with van der Waals surface area (Å²) in [6.07, 6.45) is 0. The highest BCUT2D eigenvalue weighted by Crippen LogP contribution is 2.26. The Balaban J connectivity index is 1.72. The maximum absolute atomic E-state index is 6.03. The van der Waals surface area contributed by atoms with E-state index in [1.165, 1.54) is 16.5 Å². The van der Waals surface area contributed by atoms with Crippen molar-refractivity contribution in [3.05, 3.63) is 42.5 Å². The Bertz CT molecular complexity index is 602. The van der Waals surface area contributed by atoms with E-state index in [2.05, 4.69) is 66.5 Å². The number of hydrogen-bond donors (Lipinski definition) is 1. The minimum absolute atomic E-state index is 0.0398. The van der Waals surface area contributed by atoms with Crippen LogP contribution in [0.4, 0.5) is 5.69 Å². The highest BCUT2D eigenvalue weighted by molar-refractivity contribution is 5.94. The third-order valence-electron chi connectivity index (χ3n) is 4.30. The molecule has 0 spiro atoms. The molecule has 3 heteroatoms. The molecule has 1 N–H and O–H groups in total. The first-order valence-corrected chi connectivity index (χ1v) is 7.79. The Hall–Kier alpha value is -1.58. The minimum atomic E-state index is 0.0398. The minimum Gasteiger partial charge on any atom is -0.371 e. The molecule has 3 nitrogen and oxygen atoms in total. The Morgan fingerprint density at radius 1 is 1.14 bits per heavy atom. The van der Waals surface area contributed by atoms with Gasteiger partial charge in [-0.1, -0.05) is 36.4 Å². The number of likely N-dealkylation sites (N-methyl/N-ethyl adjacent to an activating group) is 1.